The fraction of sp³-hybridized carbons (Fsp3) is 0.273. The Balaban J connectivity index is 2.34. The van der Waals surface area contributed by atoms with Gasteiger partial charge >= 0.3 is 6.18 Å². The molecule has 0 spiro atoms. The molecule has 2 rings (SSSR count). The number of benzene rings is 1. The van der Waals surface area contributed by atoms with Gasteiger partial charge in [0.2, 0.25) is 5.60 Å². The summed E-state index contributed by atoms with van der Waals surface area (Å²) in [5, 5.41) is 11.0. The third kappa shape index (κ3) is 2.52. The van der Waals surface area contributed by atoms with Gasteiger partial charge in [-0.1, -0.05) is 0 Å². The average Bonchev–Trinajstić information content (AvgIpc) is 2.58. The highest BCUT2D eigenvalue weighted by Gasteiger charge is 2.55. The van der Waals surface area contributed by atoms with Crippen molar-refractivity contribution >= 4 is 27.5 Å². The second kappa shape index (κ2) is 4.68. The molecule has 0 aliphatic carbocycles. The van der Waals surface area contributed by atoms with Gasteiger partial charge in [0.05, 0.1) is 5.56 Å². The summed E-state index contributed by atoms with van der Waals surface area (Å²) in [5.74, 6) is -2.66. The molecule has 2 amide bonds. The van der Waals surface area contributed by atoms with E-state index >= 15 is 0 Å². The number of amides is 2. The summed E-state index contributed by atoms with van der Waals surface area (Å²) in [6.07, 6.45) is -5.21. The Hall–Kier alpha value is -2.14. The molecular weight excluding hydrogens is 329 g/mol. The predicted molar refractivity (Wildman–Crippen MR) is 66.4 cm³/mol. The van der Waals surface area contributed by atoms with E-state index in [1.807, 2.05) is 0 Å². The van der Waals surface area contributed by atoms with Gasteiger partial charge in [-0.2, -0.15) is 13.2 Å². The molecule has 1 aliphatic rings. The van der Waals surface area contributed by atoms with Crippen LogP contribution in [0.15, 0.2) is 23.1 Å². The molecule has 1 aromatic rings. The molecule has 1 atom stereocenters. The van der Waals surface area contributed by atoms with Gasteiger partial charge in [0.15, 0.2) is 0 Å². The monoisotopic (exact) mass is 338 g/mol. The fourth-order valence-corrected chi connectivity index (χ4v) is 2.82. The molecule has 0 saturated carbocycles. The highest BCUT2D eigenvalue weighted by Crippen LogP contribution is 2.32. The molecule has 1 heterocycles. The number of alkyl halides is 3. The van der Waals surface area contributed by atoms with Gasteiger partial charge in [0.1, 0.15) is 4.90 Å². The summed E-state index contributed by atoms with van der Waals surface area (Å²) in [7, 11) is -4.11. The number of aliphatic hydroxyl groups is 1. The van der Waals surface area contributed by atoms with Crippen LogP contribution in [0, 0.1) is 0 Å². The van der Waals surface area contributed by atoms with E-state index in [1.54, 1.807) is 10.0 Å². The lowest BCUT2D eigenvalue weighted by molar-refractivity contribution is -0.242. The third-order valence-corrected chi connectivity index (χ3v) is 4.37. The van der Waals surface area contributed by atoms with E-state index in [0.29, 0.717) is 0 Å². The normalized spacial score (nSPS) is 19.0. The first kappa shape index (κ1) is 16.2. The van der Waals surface area contributed by atoms with Crippen LogP contribution in [-0.2, 0) is 14.8 Å². The van der Waals surface area contributed by atoms with E-state index < -0.39 is 38.5 Å². The number of hydrogen-bond donors (Lipinski definition) is 3. The Morgan fingerprint density at radius 1 is 1.32 bits per heavy atom. The Kier molecular flexibility index (Phi) is 3.45. The number of carbonyl (C=O) groups excluding carboxylic acids is 2. The van der Waals surface area contributed by atoms with Crippen molar-refractivity contribution in [1.82, 2.24) is 4.72 Å². The van der Waals surface area contributed by atoms with Crippen LogP contribution in [0.1, 0.15) is 17.3 Å². The highest BCUT2D eigenvalue weighted by molar-refractivity contribution is 7.90. The summed E-state index contributed by atoms with van der Waals surface area (Å²) < 4.78 is 62.4. The van der Waals surface area contributed by atoms with Crippen LogP contribution in [0.3, 0.4) is 0 Å². The third-order valence-electron chi connectivity index (χ3n) is 2.99. The van der Waals surface area contributed by atoms with Gasteiger partial charge in [-0.3, -0.25) is 9.59 Å². The molecule has 0 fully saturated rings. The summed E-state index contributed by atoms with van der Waals surface area (Å²) in [6.45, 7) is 0.261. The first-order valence-electron chi connectivity index (χ1n) is 5.68. The van der Waals surface area contributed by atoms with Crippen molar-refractivity contribution in [2.45, 2.75) is 23.6 Å². The van der Waals surface area contributed by atoms with E-state index in [-0.39, 0.29) is 18.2 Å². The van der Waals surface area contributed by atoms with Crippen LogP contribution in [0.25, 0.3) is 0 Å². The minimum atomic E-state index is -5.21. The molecule has 120 valence electrons. The maximum absolute atomic E-state index is 12.5. The second-order valence-electron chi connectivity index (χ2n) is 4.67. The molecule has 0 radical (unpaired) electrons. The van der Waals surface area contributed by atoms with Crippen LogP contribution in [0.2, 0.25) is 0 Å². The van der Waals surface area contributed by atoms with Crippen molar-refractivity contribution in [2.75, 3.05) is 5.32 Å². The lowest BCUT2D eigenvalue weighted by Gasteiger charge is -2.24. The number of hydrogen-bond acceptors (Lipinski definition) is 5. The SMILES string of the molecule is CC(O)(C(=O)Nc1ccc2c(c1)S(=O)(=O)NC2=O)C(F)(F)F. The van der Waals surface area contributed by atoms with E-state index in [2.05, 4.69) is 0 Å². The number of carbonyl (C=O) groups is 2. The lowest BCUT2D eigenvalue weighted by Crippen LogP contribution is -2.52. The minimum Gasteiger partial charge on any atom is -0.373 e. The van der Waals surface area contributed by atoms with E-state index in [0.717, 1.165) is 18.2 Å². The maximum atomic E-state index is 12.5. The lowest BCUT2D eigenvalue weighted by atomic mass is 10.1. The van der Waals surface area contributed by atoms with Crippen LogP contribution in [-0.4, -0.2) is 37.1 Å². The Labute approximate surface area is 122 Å². The second-order valence-corrected chi connectivity index (χ2v) is 6.32. The number of anilines is 1. The first-order valence-corrected chi connectivity index (χ1v) is 7.16. The molecule has 0 saturated heterocycles. The van der Waals surface area contributed by atoms with Gasteiger partial charge in [-0.15, -0.1) is 0 Å². The van der Waals surface area contributed by atoms with Gasteiger partial charge in [-0.05, 0) is 25.1 Å². The molecule has 11 heteroatoms. The molecule has 0 bridgehead atoms. The molecule has 1 aromatic carbocycles. The Bertz CT molecular complexity index is 770. The maximum Gasteiger partial charge on any atom is 0.426 e. The van der Waals surface area contributed by atoms with E-state index in [4.69, 9.17) is 0 Å². The topological polar surface area (TPSA) is 113 Å². The summed E-state index contributed by atoms with van der Waals surface area (Å²) >= 11 is 0. The first-order chi connectivity index (χ1) is 9.86. The number of halogens is 3. The zero-order chi connectivity index (χ0) is 16.9. The van der Waals surface area contributed by atoms with E-state index in [1.165, 1.54) is 0 Å². The van der Waals surface area contributed by atoms with Crippen molar-refractivity contribution in [3.63, 3.8) is 0 Å². The molecule has 7 nitrogen and oxygen atoms in total. The van der Waals surface area contributed by atoms with Crippen molar-refractivity contribution < 1.29 is 36.3 Å². The van der Waals surface area contributed by atoms with Crippen molar-refractivity contribution in [3.05, 3.63) is 23.8 Å². The Morgan fingerprint density at radius 3 is 2.45 bits per heavy atom. The number of fused-ring (bicyclic) bond motifs is 1. The number of nitrogens with one attached hydrogen (secondary N) is 2. The number of rotatable bonds is 2. The van der Waals surface area contributed by atoms with Gasteiger partial charge < -0.3 is 10.4 Å². The van der Waals surface area contributed by atoms with Crippen LogP contribution in [0.4, 0.5) is 18.9 Å². The molecule has 3 N–H and O–H groups in total. The van der Waals surface area contributed by atoms with Crippen molar-refractivity contribution in [1.29, 1.82) is 0 Å². The van der Waals surface area contributed by atoms with Gasteiger partial charge in [0.25, 0.3) is 21.8 Å². The molecule has 1 unspecified atom stereocenters. The largest absolute Gasteiger partial charge is 0.426 e. The fourth-order valence-electron chi connectivity index (χ4n) is 1.62. The quantitative estimate of drug-likeness (QED) is 0.721. The van der Waals surface area contributed by atoms with Crippen molar-refractivity contribution in [2.24, 2.45) is 0 Å². The molecular formula is C11H9F3N2O5S. The highest BCUT2D eigenvalue weighted by atomic mass is 32.2. The van der Waals surface area contributed by atoms with Crippen molar-refractivity contribution in [3.8, 4) is 0 Å². The summed E-state index contributed by atoms with van der Waals surface area (Å²) in [4.78, 5) is 22.4. The number of sulfonamides is 1. The standard InChI is InChI=1S/C11H9F3N2O5S/c1-10(19,11(12,13)14)9(18)15-5-2-3-6-7(4-5)22(20,21)16-8(6)17/h2-4,19H,1H3,(H,15,18)(H,16,17). The molecule has 0 aromatic heterocycles. The van der Waals surface area contributed by atoms with E-state index in [9.17, 15) is 36.3 Å². The zero-order valence-electron chi connectivity index (χ0n) is 10.9. The summed E-state index contributed by atoms with van der Waals surface area (Å²) in [6, 6.07) is 2.91. The van der Waals surface area contributed by atoms with Crippen LogP contribution in [0.5, 0.6) is 0 Å². The van der Waals surface area contributed by atoms with Crippen LogP contribution < -0.4 is 10.0 Å². The predicted octanol–water partition coefficient (Wildman–Crippen LogP) is 0.370. The smallest absolute Gasteiger partial charge is 0.373 e. The Morgan fingerprint density at radius 2 is 1.91 bits per heavy atom. The molecule has 1 aliphatic heterocycles. The van der Waals surface area contributed by atoms with Gasteiger partial charge in [-0.25, -0.2) is 13.1 Å². The van der Waals surface area contributed by atoms with Gasteiger partial charge in [0, 0.05) is 5.69 Å². The average molecular weight is 338 g/mol. The minimum absolute atomic E-state index is 0.194. The summed E-state index contributed by atoms with van der Waals surface area (Å²) in [5.41, 5.74) is -4.16. The molecule has 22 heavy (non-hydrogen) atoms. The zero-order valence-corrected chi connectivity index (χ0v) is 11.7. The van der Waals surface area contributed by atoms with Crippen LogP contribution >= 0.6 is 0 Å².